The van der Waals surface area contributed by atoms with Crippen LogP contribution in [0.5, 0.6) is 0 Å². The number of anilines is 2. The largest absolute Gasteiger partial charge is 0.367 e. The van der Waals surface area contributed by atoms with Crippen molar-refractivity contribution >= 4 is 17.3 Å². The molecule has 0 saturated carbocycles. The third-order valence-electron chi connectivity index (χ3n) is 3.64. The number of carbonyl (C=O) groups is 1. The summed E-state index contributed by atoms with van der Waals surface area (Å²) < 4.78 is 14.9. The number of halogens is 1. The van der Waals surface area contributed by atoms with Gasteiger partial charge in [0.25, 0.3) is 5.91 Å². The molecule has 104 valence electrons. The van der Waals surface area contributed by atoms with Gasteiger partial charge in [0.05, 0.1) is 17.1 Å². The highest BCUT2D eigenvalue weighted by Crippen LogP contribution is 2.35. The van der Waals surface area contributed by atoms with E-state index in [0.717, 1.165) is 22.6 Å². The number of nitrogens with one attached hydrogen (secondary N) is 2. The SMILES string of the molecule is Cc1nn(C)c(C)c1NC1C(=O)Nc2cc(F)ccc21. The van der Waals surface area contributed by atoms with E-state index in [4.69, 9.17) is 0 Å². The summed E-state index contributed by atoms with van der Waals surface area (Å²) in [4.78, 5) is 12.1. The van der Waals surface area contributed by atoms with Gasteiger partial charge < -0.3 is 10.6 Å². The zero-order chi connectivity index (χ0) is 14.4. The lowest BCUT2D eigenvalue weighted by molar-refractivity contribution is -0.116. The second-order valence-electron chi connectivity index (χ2n) is 4.97. The maximum Gasteiger partial charge on any atom is 0.251 e. The van der Waals surface area contributed by atoms with E-state index in [2.05, 4.69) is 15.7 Å². The van der Waals surface area contributed by atoms with Crippen LogP contribution in [0.1, 0.15) is 23.0 Å². The van der Waals surface area contributed by atoms with Gasteiger partial charge in [0.1, 0.15) is 11.9 Å². The van der Waals surface area contributed by atoms with E-state index in [1.54, 1.807) is 10.7 Å². The first-order valence-electron chi connectivity index (χ1n) is 6.34. The van der Waals surface area contributed by atoms with E-state index < -0.39 is 6.04 Å². The topological polar surface area (TPSA) is 59.0 Å². The molecule has 1 aromatic carbocycles. The summed E-state index contributed by atoms with van der Waals surface area (Å²) in [5.41, 5.74) is 3.88. The molecule has 2 heterocycles. The van der Waals surface area contributed by atoms with Gasteiger partial charge in [-0.25, -0.2) is 4.39 Å². The molecule has 0 fully saturated rings. The molecule has 1 aliphatic rings. The highest BCUT2D eigenvalue weighted by molar-refractivity contribution is 6.04. The van der Waals surface area contributed by atoms with Crippen LogP contribution in [-0.2, 0) is 11.8 Å². The van der Waals surface area contributed by atoms with E-state index in [1.165, 1.54) is 12.1 Å². The molecule has 0 spiro atoms. The lowest BCUT2D eigenvalue weighted by Gasteiger charge is -2.13. The highest BCUT2D eigenvalue weighted by Gasteiger charge is 2.31. The van der Waals surface area contributed by atoms with Crippen molar-refractivity contribution in [2.75, 3.05) is 10.6 Å². The minimum Gasteiger partial charge on any atom is -0.367 e. The number of aryl methyl sites for hydroxylation is 2. The first kappa shape index (κ1) is 12.7. The lowest BCUT2D eigenvalue weighted by atomic mass is 10.1. The maximum atomic E-state index is 13.2. The summed E-state index contributed by atoms with van der Waals surface area (Å²) in [6.07, 6.45) is 0. The standard InChI is InChI=1S/C14H15FN4O/c1-7-12(8(2)19(3)18-7)17-13-10-5-4-9(15)6-11(10)16-14(13)20/h4-6,13,17H,1-3H3,(H,16,20). The molecule has 1 aromatic heterocycles. The minimum absolute atomic E-state index is 0.187. The lowest BCUT2D eigenvalue weighted by Crippen LogP contribution is -2.20. The number of amides is 1. The monoisotopic (exact) mass is 274 g/mol. The molecular formula is C14H15FN4O. The third-order valence-corrected chi connectivity index (χ3v) is 3.64. The second kappa shape index (κ2) is 4.33. The first-order valence-corrected chi connectivity index (χ1v) is 6.34. The average Bonchev–Trinajstić information content (AvgIpc) is 2.81. The summed E-state index contributed by atoms with van der Waals surface area (Å²) in [6.45, 7) is 3.81. The van der Waals surface area contributed by atoms with Crippen molar-refractivity contribution in [3.63, 3.8) is 0 Å². The number of hydrogen-bond donors (Lipinski definition) is 2. The Morgan fingerprint density at radius 2 is 2.15 bits per heavy atom. The molecule has 1 atom stereocenters. The van der Waals surface area contributed by atoms with Crippen LogP contribution < -0.4 is 10.6 Å². The predicted octanol–water partition coefficient (Wildman–Crippen LogP) is 2.28. The van der Waals surface area contributed by atoms with Gasteiger partial charge in [-0.05, 0) is 26.0 Å². The fourth-order valence-corrected chi connectivity index (χ4v) is 2.50. The Kier molecular flexibility index (Phi) is 2.74. The van der Waals surface area contributed by atoms with Crippen LogP contribution in [-0.4, -0.2) is 15.7 Å². The summed E-state index contributed by atoms with van der Waals surface area (Å²) >= 11 is 0. The molecule has 5 nitrogen and oxygen atoms in total. The van der Waals surface area contributed by atoms with Crippen LogP contribution in [0.3, 0.4) is 0 Å². The highest BCUT2D eigenvalue weighted by atomic mass is 19.1. The van der Waals surface area contributed by atoms with Crippen LogP contribution in [0.15, 0.2) is 18.2 Å². The van der Waals surface area contributed by atoms with Gasteiger partial charge in [0, 0.05) is 18.3 Å². The maximum absolute atomic E-state index is 13.2. The van der Waals surface area contributed by atoms with Crippen LogP contribution >= 0.6 is 0 Å². The Hall–Kier alpha value is -2.37. The molecule has 0 saturated heterocycles. The van der Waals surface area contributed by atoms with Crippen molar-refractivity contribution in [3.05, 3.63) is 41.0 Å². The van der Waals surface area contributed by atoms with E-state index in [1.807, 2.05) is 20.9 Å². The number of nitrogens with zero attached hydrogens (tertiary/aromatic N) is 2. The van der Waals surface area contributed by atoms with Crippen molar-refractivity contribution in [3.8, 4) is 0 Å². The van der Waals surface area contributed by atoms with E-state index in [9.17, 15) is 9.18 Å². The zero-order valence-corrected chi connectivity index (χ0v) is 11.5. The van der Waals surface area contributed by atoms with Crippen LogP contribution in [0, 0.1) is 19.7 Å². The Morgan fingerprint density at radius 1 is 1.40 bits per heavy atom. The second-order valence-corrected chi connectivity index (χ2v) is 4.97. The normalized spacial score (nSPS) is 17.0. The molecule has 3 rings (SSSR count). The smallest absolute Gasteiger partial charge is 0.251 e. The number of fused-ring (bicyclic) bond motifs is 1. The molecule has 2 N–H and O–H groups in total. The van der Waals surface area contributed by atoms with Gasteiger partial charge in [-0.3, -0.25) is 9.48 Å². The number of benzene rings is 1. The fourth-order valence-electron chi connectivity index (χ4n) is 2.50. The molecule has 1 aliphatic heterocycles. The van der Waals surface area contributed by atoms with Gasteiger partial charge in [-0.2, -0.15) is 5.10 Å². The van der Waals surface area contributed by atoms with E-state index in [-0.39, 0.29) is 11.7 Å². The van der Waals surface area contributed by atoms with Crippen LogP contribution in [0.4, 0.5) is 15.8 Å². The van der Waals surface area contributed by atoms with Crippen molar-refractivity contribution in [2.24, 2.45) is 7.05 Å². The van der Waals surface area contributed by atoms with Crippen molar-refractivity contribution in [1.29, 1.82) is 0 Å². The van der Waals surface area contributed by atoms with Gasteiger partial charge in [0.2, 0.25) is 0 Å². The molecule has 0 aliphatic carbocycles. The molecule has 0 bridgehead atoms. The van der Waals surface area contributed by atoms with Gasteiger partial charge in [-0.15, -0.1) is 0 Å². The molecule has 1 amide bonds. The van der Waals surface area contributed by atoms with Gasteiger partial charge in [0.15, 0.2) is 0 Å². The summed E-state index contributed by atoms with van der Waals surface area (Å²) in [6, 6.07) is 3.79. The van der Waals surface area contributed by atoms with Crippen molar-refractivity contribution < 1.29 is 9.18 Å². The van der Waals surface area contributed by atoms with Crippen LogP contribution in [0.25, 0.3) is 0 Å². The summed E-state index contributed by atoms with van der Waals surface area (Å²) in [5, 5.41) is 10.2. The van der Waals surface area contributed by atoms with E-state index >= 15 is 0 Å². The predicted molar refractivity (Wildman–Crippen MR) is 74.1 cm³/mol. The minimum atomic E-state index is -0.521. The van der Waals surface area contributed by atoms with Gasteiger partial charge >= 0.3 is 0 Å². The number of rotatable bonds is 2. The molecule has 6 heteroatoms. The Labute approximate surface area is 115 Å². The third kappa shape index (κ3) is 1.84. The van der Waals surface area contributed by atoms with Crippen LogP contribution in [0.2, 0.25) is 0 Å². The molecule has 2 aromatic rings. The fraction of sp³-hybridized carbons (Fsp3) is 0.286. The Bertz CT molecular complexity index is 707. The summed E-state index contributed by atoms with van der Waals surface area (Å²) in [5.74, 6) is -0.549. The number of carbonyl (C=O) groups excluding carboxylic acids is 1. The Balaban J connectivity index is 1.98. The first-order chi connectivity index (χ1) is 9.47. The molecular weight excluding hydrogens is 259 g/mol. The molecule has 20 heavy (non-hydrogen) atoms. The molecule has 1 unspecified atom stereocenters. The zero-order valence-electron chi connectivity index (χ0n) is 11.5. The van der Waals surface area contributed by atoms with Crippen molar-refractivity contribution in [1.82, 2.24) is 9.78 Å². The quantitative estimate of drug-likeness (QED) is 0.883. The number of aromatic nitrogens is 2. The Morgan fingerprint density at radius 3 is 2.80 bits per heavy atom. The summed E-state index contributed by atoms with van der Waals surface area (Å²) in [7, 11) is 1.85. The van der Waals surface area contributed by atoms with Crippen molar-refractivity contribution in [2.45, 2.75) is 19.9 Å². The average molecular weight is 274 g/mol. The van der Waals surface area contributed by atoms with Gasteiger partial charge in [-0.1, -0.05) is 6.07 Å². The van der Waals surface area contributed by atoms with E-state index in [0.29, 0.717) is 5.69 Å². The number of hydrogen-bond acceptors (Lipinski definition) is 3. The molecule has 0 radical (unpaired) electrons.